The Bertz CT molecular complexity index is 1520. The van der Waals surface area contributed by atoms with Crippen molar-refractivity contribution in [2.24, 2.45) is 11.5 Å². The van der Waals surface area contributed by atoms with Gasteiger partial charge in [-0.1, -0.05) is 48.5 Å². The van der Waals surface area contributed by atoms with E-state index < -0.39 is 98.7 Å². The Labute approximate surface area is 251 Å². The molecule has 0 saturated carbocycles. The summed E-state index contributed by atoms with van der Waals surface area (Å²) in [5, 5.41) is 13.3. The summed E-state index contributed by atoms with van der Waals surface area (Å²) in [5.41, 5.74) is -0.134. The van der Waals surface area contributed by atoms with Crippen molar-refractivity contribution in [1.82, 2.24) is 10.6 Å². The standard InChI is InChI=1S/C24H28F4N4O11P2/c25-23(26,44(38,39)40)14-5-1-12(2-6-14)9-17(20(30)35)31-22(37)18(32-21(36)16(29)11-19(33)34)10-13-3-7-15(8-4-13)24(27,28)45(41,42)43/h1-8,16-18H,9-11,29H2,(H2,30,35)(H,31,37)(H,32,36)(H,33,34)(H2,38,39,40)(H2,41,42,43)/t16-,17-,18-/m0/s1. The first kappa shape index (κ1) is 37.5. The van der Waals surface area contributed by atoms with Gasteiger partial charge in [-0.05, 0) is 11.1 Å². The number of aliphatic carboxylic acids is 1. The topological polar surface area (TPSA) is 280 Å². The molecule has 3 amide bonds. The zero-order chi connectivity index (χ0) is 34.5. The van der Waals surface area contributed by atoms with E-state index >= 15 is 0 Å². The van der Waals surface area contributed by atoms with Crippen molar-refractivity contribution in [3.63, 3.8) is 0 Å². The molecular weight excluding hydrogens is 658 g/mol. The van der Waals surface area contributed by atoms with Crippen LogP contribution >= 0.6 is 15.2 Å². The van der Waals surface area contributed by atoms with Gasteiger partial charge in [-0.3, -0.25) is 28.3 Å². The maximum atomic E-state index is 14.0. The zero-order valence-electron chi connectivity index (χ0n) is 22.7. The van der Waals surface area contributed by atoms with Gasteiger partial charge in [-0.25, -0.2) is 0 Å². The Hall–Kier alpha value is -3.70. The van der Waals surface area contributed by atoms with Crippen LogP contribution in [0.4, 0.5) is 17.6 Å². The number of rotatable bonds is 15. The van der Waals surface area contributed by atoms with E-state index in [-0.39, 0.29) is 11.1 Å². The minimum atomic E-state index is -5.90. The molecule has 0 aliphatic carbocycles. The Balaban J connectivity index is 2.33. The van der Waals surface area contributed by atoms with Crippen molar-refractivity contribution in [2.45, 2.75) is 48.7 Å². The van der Waals surface area contributed by atoms with Gasteiger partial charge in [0.2, 0.25) is 17.7 Å². The molecule has 21 heteroatoms. The summed E-state index contributed by atoms with van der Waals surface area (Å²) in [6.45, 7) is 0. The van der Waals surface area contributed by atoms with Crippen LogP contribution in [0.2, 0.25) is 0 Å². The Morgan fingerprint density at radius 2 is 1.07 bits per heavy atom. The number of hydrogen-bond donors (Lipinski definition) is 9. The number of primary amides is 1. The highest BCUT2D eigenvalue weighted by molar-refractivity contribution is 7.52. The van der Waals surface area contributed by atoms with E-state index in [1.807, 2.05) is 0 Å². The van der Waals surface area contributed by atoms with Crippen LogP contribution in [0.1, 0.15) is 28.7 Å². The number of carbonyl (C=O) groups is 4. The van der Waals surface area contributed by atoms with E-state index in [0.717, 1.165) is 24.3 Å². The van der Waals surface area contributed by atoms with Gasteiger partial charge in [0, 0.05) is 24.0 Å². The number of amides is 3. The number of carboxylic acid groups (broad SMARTS) is 1. The maximum absolute atomic E-state index is 14.0. The van der Waals surface area contributed by atoms with Crippen molar-refractivity contribution in [3.05, 3.63) is 70.8 Å². The molecule has 2 aromatic rings. The SMILES string of the molecule is NC(=O)[C@H](Cc1ccc(C(F)(F)P(=O)(O)O)cc1)NC(=O)[C@H](Cc1ccc(C(F)(F)P(=O)(O)O)cc1)NC(=O)[C@@H](N)CC(=O)O. The van der Waals surface area contributed by atoms with Crippen LogP contribution in [-0.2, 0) is 52.5 Å². The van der Waals surface area contributed by atoms with Crippen molar-refractivity contribution in [3.8, 4) is 0 Å². The molecule has 0 aromatic heterocycles. The van der Waals surface area contributed by atoms with Crippen LogP contribution in [0.15, 0.2) is 48.5 Å². The predicted octanol–water partition coefficient (Wildman–Crippen LogP) is 0.183. The highest BCUT2D eigenvalue weighted by atomic mass is 31.2. The molecule has 2 aromatic carbocycles. The summed E-state index contributed by atoms with van der Waals surface area (Å²) in [4.78, 5) is 84.4. The highest BCUT2D eigenvalue weighted by Gasteiger charge is 2.51. The summed E-state index contributed by atoms with van der Waals surface area (Å²) in [6, 6.07) is 1.70. The average molecular weight is 686 g/mol. The second-order valence-electron chi connectivity index (χ2n) is 9.70. The largest absolute Gasteiger partial charge is 0.481 e. The third kappa shape index (κ3) is 9.64. The minimum absolute atomic E-state index is 0.0460. The molecule has 0 aliphatic heterocycles. The molecule has 0 unspecified atom stereocenters. The van der Waals surface area contributed by atoms with Gasteiger partial charge in [0.15, 0.2) is 0 Å². The number of hydrogen-bond acceptors (Lipinski definition) is 7. The fourth-order valence-corrected chi connectivity index (χ4v) is 4.73. The third-order valence-corrected chi connectivity index (χ3v) is 8.22. The van der Waals surface area contributed by atoms with E-state index in [2.05, 4.69) is 10.6 Å². The molecule has 11 N–H and O–H groups in total. The molecule has 0 radical (unpaired) electrons. The Morgan fingerprint density at radius 1 is 0.711 bits per heavy atom. The van der Waals surface area contributed by atoms with Gasteiger partial charge in [-0.15, -0.1) is 0 Å². The van der Waals surface area contributed by atoms with Crippen molar-refractivity contribution in [2.75, 3.05) is 0 Å². The molecular formula is C24H28F4N4O11P2. The fraction of sp³-hybridized carbons (Fsp3) is 0.333. The number of benzene rings is 2. The fourth-order valence-electron chi connectivity index (χ4n) is 3.75. The molecule has 0 bridgehead atoms. The average Bonchev–Trinajstić information content (AvgIpc) is 2.91. The van der Waals surface area contributed by atoms with Crippen LogP contribution in [0, 0.1) is 0 Å². The predicted molar refractivity (Wildman–Crippen MR) is 145 cm³/mol. The van der Waals surface area contributed by atoms with E-state index in [4.69, 9.17) is 36.1 Å². The monoisotopic (exact) mass is 686 g/mol. The molecule has 0 spiro atoms. The molecule has 2 rings (SSSR count). The second kappa shape index (κ2) is 14.2. The van der Waals surface area contributed by atoms with E-state index in [0.29, 0.717) is 24.3 Å². The zero-order valence-corrected chi connectivity index (χ0v) is 24.5. The van der Waals surface area contributed by atoms with Crippen LogP contribution in [0.25, 0.3) is 0 Å². The van der Waals surface area contributed by atoms with Gasteiger partial charge in [0.1, 0.15) is 12.1 Å². The van der Waals surface area contributed by atoms with E-state index in [1.54, 1.807) is 0 Å². The maximum Gasteiger partial charge on any atom is 0.399 e. The van der Waals surface area contributed by atoms with Gasteiger partial charge >= 0.3 is 32.5 Å². The first-order valence-corrected chi connectivity index (χ1v) is 15.6. The number of nitrogens with one attached hydrogen (secondary N) is 2. The van der Waals surface area contributed by atoms with Crippen molar-refractivity contribution >= 4 is 38.9 Å². The van der Waals surface area contributed by atoms with Gasteiger partial charge < -0.3 is 46.8 Å². The summed E-state index contributed by atoms with van der Waals surface area (Å²) in [7, 11) is -11.8. The summed E-state index contributed by atoms with van der Waals surface area (Å²) >= 11 is 0. The molecule has 45 heavy (non-hydrogen) atoms. The molecule has 3 atom stereocenters. The van der Waals surface area contributed by atoms with E-state index in [1.165, 1.54) is 0 Å². The number of halogens is 4. The van der Waals surface area contributed by atoms with Crippen molar-refractivity contribution in [1.29, 1.82) is 0 Å². The molecule has 0 heterocycles. The molecule has 0 aliphatic rings. The number of carboxylic acids is 1. The normalized spacial score (nSPS) is 14.6. The lowest BCUT2D eigenvalue weighted by molar-refractivity contribution is -0.139. The van der Waals surface area contributed by atoms with Crippen LogP contribution in [0.5, 0.6) is 0 Å². The number of nitrogens with two attached hydrogens (primary N) is 2. The molecule has 0 fully saturated rings. The first-order valence-electron chi connectivity index (χ1n) is 12.4. The van der Waals surface area contributed by atoms with Crippen LogP contribution in [0.3, 0.4) is 0 Å². The van der Waals surface area contributed by atoms with E-state index in [9.17, 15) is 45.9 Å². The van der Waals surface area contributed by atoms with Gasteiger partial charge in [0.05, 0.1) is 12.5 Å². The second-order valence-corrected chi connectivity index (χ2v) is 13.0. The lowest BCUT2D eigenvalue weighted by Gasteiger charge is -2.24. The highest BCUT2D eigenvalue weighted by Crippen LogP contribution is 2.60. The number of carbonyl (C=O) groups excluding carboxylic acids is 3. The molecule has 15 nitrogen and oxygen atoms in total. The first-order chi connectivity index (χ1) is 20.5. The molecule has 248 valence electrons. The minimum Gasteiger partial charge on any atom is -0.481 e. The summed E-state index contributed by atoms with van der Waals surface area (Å²) in [5.74, 6) is -4.87. The summed E-state index contributed by atoms with van der Waals surface area (Å²) < 4.78 is 78.2. The quantitative estimate of drug-likeness (QED) is 0.0897. The lowest BCUT2D eigenvalue weighted by Crippen LogP contribution is -2.56. The molecule has 0 saturated heterocycles. The Morgan fingerprint density at radius 3 is 1.40 bits per heavy atom. The lowest BCUT2D eigenvalue weighted by atomic mass is 10.0. The summed E-state index contributed by atoms with van der Waals surface area (Å²) in [6.07, 6.45) is -1.79. The van der Waals surface area contributed by atoms with Crippen molar-refractivity contribution < 1.29 is 70.6 Å². The van der Waals surface area contributed by atoms with Crippen LogP contribution in [-0.4, -0.2) is 66.5 Å². The third-order valence-electron chi connectivity index (χ3n) is 6.24. The van der Waals surface area contributed by atoms with Gasteiger partial charge in [-0.2, -0.15) is 17.6 Å². The Kier molecular flexibility index (Phi) is 11.8. The smallest absolute Gasteiger partial charge is 0.399 e. The number of alkyl halides is 4. The van der Waals surface area contributed by atoms with Crippen LogP contribution < -0.4 is 22.1 Å². The van der Waals surface area contributed by atoms with Gasteiger partial charge in [0.25, 0.3) is 0 Å².